The molecule has 0 saturated heterocycles. The average Bonchev–Trinajstić information content (AvgIpc) is 2.11. The first-order valence-electron chi connectivity index (χ1n) is 4.68. The largest absolute Gasteiger partial charge is 0.480 e. The summed E-state index contributed by atoms with van der Waals surface area (Å²) in [6.45, 7) is 5.32. The molecule has 1 amide bonds. The van der Waals surface area contributed by atoms with E-state index in [9.17, 15) is 9.59 Å². The summed E-state index contributed by atoms with van der Waals surface area (Å²) in [4.78, 5) is 22.0. The Hall–Kier alpha value is -1.10. The van der Waals surface area contributed by atoms with Crippen LogP contribution in [0.5, 0.6) is 0 Å². The second kappa shape index (κ2) is 5.59. The molecule has 5 nitrogen and oxygen atoms in total. The molecule has 0 aromatic rings. The Morgan fingerprint density at radius 1 is 1.43 bits per heavy atom. The van der Waals surface area contributed by atoms with Crippen molar-refractivity contribution in [1.29, 1.82) is 0 Å². The Morgan fingerprint density at radius 3 is 2.21 bits per heavy atom. The summed E-state index contributed by atoms with van der Waals surface area (Å²) in [6.07, 6.45) is 0.353. The number of amides is 1. The lowest BCUT2D eigenvalue weighted by atomic mass is 10.0. The zero-order chi connectivity index (χ0) is 11.3. The van der Waals surface area contributed by atoms with Gasteiger partial charge in [-0.05, 0) is 12.3 Å². The Kier molecular flexibility index (Phi) is 5.15. The predicted molar refractivity (Wildman–Crippen MR) is 52.7 cm³/mol. The molecule has 0 rings (SSSR count). The molecule has 0 aliphatic rings. The van der Waals surface area contributed by atoms with Crippen LogP contribution in [0, 0.1) is 5.92 Å². The monoisotopic (exact) mass is 202 g/mol. The predicted octanol–water partition coefficient (Wildman–Crippen LogP) is -0.0509. The fourth-order valence-corrected chi connectivity index (χ4v) is 0.909. The van der Waals surface area contributed by atoms with E-state index in [0.29, 0.717) is 6.42 Å². The van der Waals surface area contributed by atoms with Gasteiger partial charge >= 0.3 is 5.97 Å². The number of hydrogen-bond acceptors (Lipinski definition) is 3. The second-order valence-corrected chi connectivity index (χ2v) is 3.58. The van der Waals surface area contributed by atoms with Gasteiger partial charge in [0.2, 0.25) is 5.91 Å². The molecule has 0 heterocycles. The summed E-state index contributed by atoms with van der Waals surface area (Å²) in [5.41, 5.74) is 5.56. The molecule has 0 radical (unpaired) electrons. The number of nitrogens with one attached hydrogen (secondary N) is 1. The van der Waals surface area contributed by atoms with Gasteiger partial charge < -0.3 is 16.2 Å². The van der Waals surface area contributed by atoms with E-state index in [1.54, 1.807) is 6.92 Å². The summed E-state index contributed by atoms with van der Waals surface area (Å²) >= 11 is 0. The number of nitrogens with two attached hydrogens (primary N) is 1. The van der Waals surface area contributed by atoms with E-state index in [1.807, 2.05) is 13.8 Å². The van der Waals surface area contributed by atoms with Crippen molar-refractivity contribution in [3.63, 3.8) is 0 Å². The molecule has 0 aliphatic heterocycles. The van der Waals surface area contributed by atoms with Crippen molar-refractivity contribution in [3.05, 3.63) is 0 Å². The number of rotatable bonds is 5. The van der Waals surface area contributed by atoms with E-state index in [2.05, 4.69) is 5.32 Å². The summed E-state index contributed by atoms with van der Waals surface area (Å²) in [7, 11) is 0. The van der Waals surface area contributed by atoms with E-state index in [-0.39, 0.29) is 5.92 Å². The van der Waals surface area contributed by atoms with Crippen LogP contribution < -0.4 is 11.1 Å². The molecule has 82 valence electrons. The number of hydrogen-bond donors (Lipinski definition) is 3. The van der Waals surface area contributed by atoms with Gasteiger partial charge in [0.1, 0.15) is 6.04 Å². The summed E-state index contributed by atoms with van der Waals surface area (Å²) in [5, 5.41) is 11.1. The van der Waals surface area contributed by atoms with Crippen molar-refractivity contribution in [3.8, 4) is 0 Å². The van der Waals surface area contributed by atoms with Gasteiger partial charge in [0.15, 0.2) is 0 Å². The number of carboxylic acids is 1. The SMILES string of the molecule is CCC(NC(=O)C(N)C(C)C)C(=O)O. The molecule has 0 aromatic heterocycles. The number of aliphatic carboxylic acids is 1. The maximum absolute atomic E-state index is 11.4. The van der Waals surface area contributed by atoms with Gasteiger partial charge in [-0.15, -0.1) is 0 Å². The van der Waals surface area contributed by atoms with Gasteiger partial charge in [0.05, 0.1) is 6.04 Å². The lowest BCUT2D eigenvalue weighted by molar-refractivity contribution is -0.142. The minimum absolute atomic E-state index is 0.00120. The highest BCUT2D eigenvalue weighted by Gasteiger charge is 2.23. The van der Waals surface area contributed by atoms with Crippen LogP contribution in [-0.2, 0) is 9.59 Å². The standard InChI is InChI=1S/C9H18N2O3/c1-4-6(9(13)14)11-8(12)7(10)5(2)3/h5-7H,4,10H2,1-3H3,(H,11,12)(H,13,14). The van der Waals surface area contributed by atoms with Crippen LogP contribution in [0.3, 0.4) is 0 Å². The molecule has 2 atom stereocenters. The molecule has 5 heteroatoms. The fourth-order valence-electron chi connectivity index (χ4n) is 0.909. The van der Waals surface area contributed by atoms with Crippen LogP contribution in [0.25, 0.3) is 0 Å². The molecule has 0 spiro atoms. The van der Waals surface area contributed by atoms with Crippen molar-refractivity contribution < 1.29 is 14.7 Å². The van der Waals surface area contributed by atoms with Crippen LogP contribution in [0.2, 0.25) is 0 Å². The number of carbonyl (C=O) groups is 2. The Bertz CT molecular complexity index is 216. The molecule has 0 aliphatic carbocycles. The van der Waals surface area contributed by atoms with E-state index < -0.39 is 24.0 Å². The quantitative estimate of drug-likeness (QED) is 0.582. The second-order valence-electron chi connectivity index (χ2n) is 3.58. The molecule has 4 N–H and O–H groups in total. The van der Waals surface area contributed by atoms with E-state index >= 15 is 0 Å². The minimum Gasteiger partial charge on any atom is -0.480 e. The number of carboxylic acid groups (broad SMARTS) is 1. The summed E-state index contributed by atoms with van der Waals surface area (Å²) < 4.78 is 0. The average molecular weight is 202 g/mol. The maximum atomic E-state index is 11.4. The lowest BCUT2D eigenvalue weighted by Crippen LogP contribution is -2.50. The van der Waals surface area contributed by atoms with E-state index in [0.717, 1.165) is 0 Å². The first-order valence-corrected chi connectivity index (χ1v) is 4.68. The van der Waals surface area contributed by atoms with Crippen LogP contribution in [-0.4, -0.2) is 29.1 Å². The van der Waals surface area contributed by atoms with Gasteiger partial charge in [-0.25, -0.2) is 4.79 Å². The van der Waals surface area contributed by atoms with Gasteiger partial charge in [0.25, 0.3) is 0 Å². The summed E-state index contributed by atoms with van der Waals surface area (Å²) in [6, 6.07) is -1.49. The first-order chi connectivity index (χ1) is 6.40. The normalized spacial score (nSPS) is 14.9. The Balaban J connectivity index is 4.22. The molecule has 2 unspecified atom stereocenters. The minimum atomic E-state index is -1.03. The van der Waals surface area contributed by atoms with Crippen LogP contribution >= 0.6 is 0 Å². The zero-order valence-corrected chi connectivity index (χ0v) is 8.78. The van der Waals surface area contributed by atoms with Gasteiger partial charge in [0, 0.05) is 0 Å². The van der Waals surface area contributed by atoms with Gasteiger partial charge in [-0.2, -0.15) is 0 Å². The zero-order valence-electron chi connectivity index (χ0n) is 8.78. The molecular weight excluding hydrogens is 184 g/mol. The molecule has 0 fully saturated rings. The van der Waals surface area contributed by atoms with Gasteiger partial charge in [-0.3, -0.25) is 4.79 Å². The maximum Gasteiger partial charge on any atom is 0.326 e. The van der Waals surface area contributed by atoms with Crippen molar-refractivity contribution >= 4 is 11.9 Å². The Morgan fingerprint density at radius 2 is 1.93 bits per heavy atom. The molecule has 0 bridgehead atoms. The van der Waals surface area contributed by atoms with Crippen LogP contribution in [0.15, 0.2) is 0 Å². The third kappa shape index (κ3) is 3.74. The van der Waals surface area contributed by atoms with Crippen molar-refractivity contribution in [2.45, 2.75) is 39.3 Å². The molecule has 14 heavy (non-hydrogen) atoms. The highest BCUT2D eigenvalue weighted by Crippen LogP contribution is 1.99. The third-order valence-corrected chi connectivity index (χ3v) is 2.04. The molecule has 0 aromatic carbocycles. The van der Waals surface area contributed by atoms with Crippen LogP contribution in [0.1, 0.15) is 27.2 Å². The van der Waals surface area contributed by atoms with Crippen molar-refractivity contribution in [2.75, 3.05) is 0 Å². The van der Waals surface area contributed by atoms with Gasteiger partial charge in [-0.1, -0.05) is 20.8 Å². The smallest absolute Gasteiger partial charge is 0.326 e. The Labute approximate surface area is 83.7 Å². The topological polar surface area (TPSA) is 92.4 Å². The first kappa shape index (κ1) is 12.9. The third-order valence-electron chi connectivity index (χ3n) is 2.04. The lowest BCUT2D eigenvalue weighted by Gasteiger charge is -2.18. The summed E-state index contributed by atoms with van der Waals surface area (Å²) in [5.74, 6) is -1.44. The van der Waals surface area contributed by atoms with E-state index in [1.165, 1.54) is 0 Å². The van der Waals surface area contributed by atoms with Crippen LogP contribution in [0.4, 0.5) is 0 Å². The molecule has 0 saturated carbocycles. The van der Waals surface area contributed by atoms with Crippen molar-refractivity contribution in [1.82, 2.24) is 5.32 Å². The molecular formula is C9H18N2O3. The number of carbonyl (C=O) groups excluding carboxylic acids is 1. The highest BCUT2D eigenvalue weighted by atomic mass is 16.4. The highest BCUT2D eigenvalue weighted by molar-refractivity contribution is 5.86. The van der Waals surface area contributed by atoms with Crippen molar-refractivity contribution in [2.24, 2.45) is 11.7 Å². The van der Waals surface area contributed by atoms with E-state index in [4.69, 9.17) is 10.8 Å². The fraction of sp³-hybridized carbons (Fsp3) is 0.778.